The molecule has 22 heavy (non-hydrogen) atoms. The van der Waals surface area contributed by atoms with Gasteiger partial charge in [-0.15, -0.1) is 0 Å². The smallest absolute Gasteiger partial charge is 0.238 e. The lowest BCUT2D eigenvalue weighted by atomic mass is 10.1. The largest absolute Gasteiger partial charge is 0.353 e. The molecule has 1 saturated heterocycles. The van der Waals surface area contributed by atoms with E-state index in [0.29, 0.717) is 12.6 Å². The molecule has 1 aromatic carbocycles. The number of carbonyl (C=O) groups excluding carboxylic acids is 1. The first kappa shape index (κ1) is 14.9. The Morgan fingerprint density at radius 2 is 2.05 bits per heavy atom. The number of anilines is 1. The molecule has 4 heteroatoms. The zero-order valence-corrected chi connectivity index (χ0v) is 13.2. The van der Waals surface area contributed by atoms with E-state index in [-0.39, 0.29) is 5.91 Å². The van der Waals surface area contributed by atoms with Crippen LogP contribution in [0.3, 0.4) is 0 Å². The highest BCUT2D eigenvalue weighted by Gasteiger charge is 2.28. The van der Waals surface area contributed by atoms with Crippen molar-refractivity contribution in [2.45, 2.75) is 25.8 Å². The van der Waals surface area contributed by atoms with E-state index < -0.39 is 0 Å². The van der Waals surface area contributed by atoms with Gasteiger partial charge < -0.3 is 9.88 Å². The molecule has 1 amide bonds. The minimum atomic E-state index is 0.0602. The Morgan fingerprint density at radius 1 is 1.27 bits per heavy atom. The van der Waals surface area contributed by atoms with Crippen LogP contribution in [0.15, 0.2) is 42.6 Å². The van der Waals surface area contributed by atoms with E-state index in [1.807, 2.05) is 31.2 Å². The van der Waals surface area contributed by atoms with Gasteiger partial charge in [-0.2, -0.15) is 0 Å². The lowest BCUT2D eigenvalue weighted by Crippen LogP contribution is -2.33. The SMILES string of the molecule is Cc1ccc(NC(=O)CN2CCC[C@@H]2c2cccn2C)cc1. The summed E-state index contributed by atoms with van der Waals surface area (Å²) in [5, 5.41) is 2.99. The fourth-order valence-electron chi connectivity index (χ4n) is 3.19. The Kier molecular flexibility index (Phi) is 4.29. The van der Waals surface area contributed by atoms with Crippen molar-refractivity contribution >= 4 is 11.6 Å². The van der Waals surface area contributed by atoms with Crippen LogP contribution in [0.5, 0.6) is 0 Å². The molecule has 0 saturated carbocycles. The first-order chi connectivity index (χ1) is 10.6. The average molecular weight is 297 g/mol. The summed E-state index contributed by atoms with van der Waals surface area (Å²) in [6.45, 7) is 3.47. The molecule has 0 radical (unpaired) electrons. The van der Waals surface area contributed by atoms with Crippen LogP contribution in [0.4, 0.5) is 5.69 Å². The number of aromatic nitrogens is 1. The van der Waals surface area contributed by atoms with Crippen LogP contribution in [0.2, 0.25) is 0 Å². The van der Waals surface area contributed by atoms with E-state index in [0.717, 1.165) is 25.1 Å². The molecule has 1 aromatic heterocycles. The molecule has 116 valence electrons. The summed E-state index contributed by atoms with van der Waals surface area (Å²) in [5.41, 5.74) is 3.35. The third-order valence-corrected chi connectivity index (χ3v) is 4.37. The molecular weight excluding hydrogens is 274 g/mol. The number of nitrogens with one attached hydrogen (secondary N) is 1. The van der Waals surface area contributed by atoms with Crippen molar-refractivity contribution in [3.8, 4) is 0 Å². The molecule has 2 aromatic rings. The van der Waals surface area contributed by atoms with Gasteiger partial charge >= 0.3 is 0 Å². The highest BCUT2D eigenvalue weighted by atomic mass is 16.2. The maximum absolute atomic E-state index is 12.3. The summed E-state index contributed by atoms with van der Waals surface area (Å²) in [6, 6.07) is 12.5. The minimum Gasteiger partial charge on any atom is -0.353 e. The van der Waals surface area contributed by atoms with Gasteiger partial charge in [0.25, 0.3) is 0 Å². The molecule has 1 aliphatic rings. The van der Waals surface area contributed by atoms with Gasteiger partial charge in [0.05, 0.1) is 12.6 Å². The highest BCUT2D eigenvalue weighted by Crippen LogP contribution is 2.31. The van der Waals surface area contributed by atoms with E-state index in [2.05, 4.69) is 40.2 Å². The summed E-state index contributed by atoms with van der Waals surface area (Å²) in [4.78, 5) is 14.6. The van der Waals surface area contributed by atoms with E-state index in [1.165, 1.54) is 11.3 Å². The average Bonchev–Trinajstić information content (AvgIpc) is 3.10. The maximum Gasteiger partial charge on any atom is 0.238 e. The predicted molar refractivity (Wildman–Crippen MR) is 88.8 cm³/mol. The maximum atomic E-state index is 12.3. The Morgan fingerprint density at radius 3 is 2.73 bits per heavy atom. The number of hydrogen-bond donors (Lipinski definition) is 1. The number of carbonyl (C=O) groups is 1. The molecule has 0 bridgehead atoms. The quantitative estimate of drug-likeness (QED) is 0.941. The molecule has 2 heterocycles. The number of benzene rings is 1. The summed E-state index contributed by atoms with van der Waals surface area (Å²) in [6.07, 6.45) is 4.33. The summed E-state index contributed by atoms with van der Waals surface area (Å²) in [5.74, 6) is 0.0602. The van der Waals surface area contributed by atoms with Gasteiger partial charge in [0, 0.05) is 24.6 Å². The van der Waals surface area contributed by atoms with Gasteiger partial charge in [-0.3, -0.25) is 9.69 Å². The van der Waals surface area contributed by atoms with Gasteiger partial charge in [0.15, 0.2) is 0 Å². The molecule has 1 fully saturated rings. The van der Waals surface area contributed by atoms with Crippen molar-refractivity contribution in [2.24, 2.45) is 7.05 Å². The van der Waals surface area contributed by atoms with E-state index in [4.69, 9.17) is 0 Å². The lowest BCUT2D eigenvalue weighted by molar-refractivity contribution is -0.117. The standard InChI is InChI=1S/C18H23N3O/c1-14-7-9-15(10-8-14)19-18(22)13-21-12-4-6-17(21)16-5-3-11-20(16)2/h3,5,7-11,17H,4,6,12-13H2,1-2H3,(H,19,22)/t17-/m1/s1. The van der Waals surface area contributed by atoms with Gasteiger partial charge in [-0.1, -0.05) is 17.7 Å². The third-order valence-electron chi connectivity index (χ3n) is 4.37. The molecule has 0 aliphatic carbocycles. The van der Waals surface area contributed by atoms with Crippen molar-refractivity contribution < 1.29 is 4.79 Å². The van der Waals surface area contributed by atoms with E-state index in [1.54, 1.807) is 0 Å². The summed E-state index contributed by atoms with van der Waals surface area (Å²) >= 11 is 0. The topological polar surface area (TPSA) is 37.3 Å². The fraction of sp³-hybridized carbons (Fsp3) is 0.389. The molecular formula is C18H23N3O. The Bertz CT molecular complexity index is 645. The van der Waals surface area contributed by atoms with Gasteiger partial charge in [0.2, 0.25) is 5.91 Å². The zero-order chi connectivity index (χ0) is 15.5. The van der Waals surface area contributed by atoms with Crippen LogP contribution < -0.4 is 5.32 Å². The van der Waals surface area contributed by atoms with Crippen LogP contribution in [0, 0.1) is 6.92 Å². The van der Waals surface area contributed by atoms with E-state index >= 15 is 0 Å². The predicted octanol–water partition coefficient (Wildman–Crippen LogP) is 3.11. The minimum absolute atomic E-state index is 0.0602. The molecule has 1 aliphatic heterocycles. The van der Waals surface area contributed by atoms with Crippen molar-refractivity contribution in [3.05, 3.63) is 53.9 Å². The van der Waals surface area contributed by atoms with Gasteiger partial charge in [-0.25, -0.2) is 0 Å². The second-order valence-corrected chi connectivity index (χ2v) is 6.09. The number of amides is 1. The molecule has 4 nitrogen and oxygen atoms in total. The van der Waals surface area contributed by atoms with Crippen molar-refractivity contribution in [2.75, 3.05) is 18.4 Å². The van der Waals surface area contributed by atoms with Crippen LogP contribution >= 0.6 is 0 Å². The second kappa shape index (κ2) is 6.36. The lowest BCUT2D eigenvalue weighted by Gasteiger charge is -2.24. The normalized spacial score (nSPS) is 18.5. The number of likely N-dealkylation sites (tertiary alicyclic amines) is 1. The van der Waals surface area contributed by atoms with Crippen LogP contribution in [-0.4, -0.2) is 28.5 Å². The van der Waals surface area contributed by atoms with E-state index in [9.17, 15) is 4.79 Å². The van der Waals surface area contributed by atoms with Gasteiger partial charge in [-0.05, 0) is 50.6 Å². The summed E-state index contributed by atoms with van der Waals surface area (Å²) in [7, 11) is 2.07. The number of nitrogens with zero attached hydrogens (tertiary/aromatic N) is 2. The zero-order valence-electron chi connectivity index (χ0n) is 13.2. The molecule has 3 rings (SSSR count). The first-order valence-corrected chi connectivity index (χ1v) is 7.85. The number of hydrogen-bond acceptors (Lipinski definition) is 2. The Hall–Kier alpha value is -2.07. The Balaban J connectivity index is 1.63. The molecule has 1 N–H and O–H groups in total. The molecule has 0 spiro atoms. The van der Waals surface area contributed by atoms with Crippen molar-refractivity contribution in [1.29, 1.82) is 0 Å². The number of rotatable bonds is 4. The van der Waals surface area contributed by atoms with Crippen LogP contribution in [0.1, 0.15) is 30.1 Å². The van der Waals surface area contributed by atoms with Crippen molar-refractivity contribution in [3.63, 3.8) is 0 Å². The Labute approximate surface area is 131 Å². The van der Waals surface area contributed by atoms with Crippen LogP contribution in [-0.2, 0) is 11.8 Å². The number of aryl methyl sites for hydroxylation is 2. The first-order valence-electron chi connectivity index (χ1n) is 7.85. The van der Waals surface area contributed by atoms with Gasteiger partial charge in [0.1, 0.15) is 0 Å². The summed E-state index contributed by atoms with van der Waals surface area (Å²) < 4.78 is 2.15. The third kappa shape index (κ3) is 3.22. The highest BCUT2D eigenvalue weighted by molar-refractivity contribution is 5.92. The second-order valence-electron chi connectivity index (χ2n) is 6.09. The molecule has 0 unspecified atom stereocenters. The van der Waals surface area contributed by atoms with Crippen LogP contribution in [0.25, 0.3) is 0 Å². The van der Waals surface area contributed by atoms with Crippen molar-refractivity contribution in [1.82, 2.24) is 9.47 Å². The fourth-order valence-corrected chi connectivity index (χ4v) is 3.19. The molecule has 1 atom stereocenters. The monoisotopic (exact) mass is 297 g/mol.